The number of amides is 5. The van der Waals surface area contributed by atoms with E-state index in [1.165, 1.54) is 27.3 Å². The molecule has 2 N–H and O–H groups in total. The number of thiazole rings is 1. The average molecular weight is 967 g/mol. The molecule has 69 heavy (non-hydrogen) atoms. The van der Waals surface area contributed by atoms with Gasteiger partial charge in [0.2, 0.25) is 11.8 Å². The van der Waals surface area contributed by atoms with Crippen molar-refractivity contribution in [2.24, 2.45) is 11.3 Å². The Morgan fingerprint density at radius 1 is 1.07 bits per heavy atom. The SMILES string of the molecule is CCn1c(-c2cccnc2[C@H](C)OC)c2c3cc(ccc31)-c1csc(n1)C[C@H](NC(=O)[C@H](C(C)C)N(C)C(=O)N1CCCN(C(=O)/C=C/CN(C)C)C1)C(=O)N1CCC[C@H](N1)C(=O)OCC(C)(C)C2. The van der Waals surface area contributed by atoms with Crippen LogP contribution in [0.4, 0.5) is 4.79 Å². The third-order valence-electron chi connectivity index (χ3n) is 13.3. The molecular weight excluding hydrogens is 897 g/mol. The van der Waals surface area contributed by atoms with Crippen molar-refractivity contribution in [2.45, 2.75) is 104 Å². The van der Waals surface area contributed by atoms with Gasteiger partial charge in [-0.25, -0.2) is 15.2 Å². The summed E-state index contributed by atoms with van der Waals surface area (Å²) >= 11 is 1.40. The number of methoxy groups -OCH3 is 1. The first kappa shape index (κ1) is 51.2. The lowest BCUT2D eigenvalue weighted by Crippen LogP contribution is -2.63. The fourth-order valence-corrected chi connectivity index (χ4v) is 10.5. The van der Waals surface area contributed by atoms with Crippen LogP contribution in [0.15, 0.2) is 54.1 Å². The van der Waals surface area contributed by atoms with E-state index in [1.807, 2.05) is 51.2 Å². The molecule has 17 nitrogen and oxygen atoms in total. The van der Waals surface area contributed by atoms with Crippen molar-refractivity contribution in [1.29, 1.82) is 0 Å². The number of aromatic nitrogens is 3. The molecule has 0 saturated carbocycles. The quantitative estimate of drug-likeness (QED) is 0.136. The third kappa shape index (κ3) is 11.5. The van der Waals surface area contributed by atoms with E-state index in [0.717, 1.165) is 44.7 Å². The van der Waals surface area contributed by atoms with Gasteiger partial charge in [-0.2, -0.15) is 0 Å². The molecule has 6 bridgehead atoms. The first-order valence-corrected chi connectivity index (χ1v) is 25.0. The highest BCUT2D eigenvalue weighted by molar-refractivity contribution is 7.10. The zero-order valence-electron chi connectivity index (χ0n) is 41.9. The number of rotatable bonds is 11. The molecule has 2 fully saturated rings. The van der Waals surface area contributed by atoms with Gasteiger partial charge in [0.1, 0.15) is 18.1 Å². The Balaban J connectivity index is 1.22. The van der Waals surface area contributed by atoms with Crippen LogP contribution in [0.1, 0.15) is 83.2 Å². The molecule has 5 amide bonds. The molecule has 18 heteroatoms. The molecule has 0 radical (unpaired) electrons. The lowest BCUT2D eigenvalue weighted by molar-refractivity contribution is -0.155. The molecule has 0 aliphatic carbocycles. The van der Waals surface area contributed by atoms with Crippen molar-refractivity contribution < 1.29 is 33.4 Å². The Labute approximate surface area is 410 Å². The van der Waals surface area contributed by atoms with Crippen LogP contribution >= 0.6 is 11.3 Å². The predicted molar refractivity (Wildman–Crippen MR) is 267 cm³/mol. The monoisotopic (exact) mass is 967 g/mol. The molecule has 2 saturated heterocycles. The number of carbonyl (C=O) groups excluding carboxylic acids is 5. The first-order chi connectivity index (χ1) is 32.9. The summed E-state index contributed by atoms with van der Waals surface area (Å²) in [7, 11) is 7.11. The fourth-order valence-electron chi connectivity index (χ4n) is 9.69. The number of hydrogen-bond donors (Lipinski definition) is 2. The van der Waals surface area contributed by atoms with Crippen LogP contribution in [-0.2, 0) is 48.0 Å². The Hall–Kier alpha value is -5.69. The van der Waals surface area contributed by atoms with Gasteiger partial charge in [-0.1, -0.05) is 39.8 Å². The van der Waals surface area contributed by atoms with Crippen molar-refractivity contribution in [2.75, 3.05) is 67.7 Å². The number of hydrazine groups is 1. The second kappa shape index (κ2) is 21.9. The number of hydrogen-bond acceptors (Lipinski definition) is 12. The topological polar surface area (TPSA) is 175 Å². The second-order valence-corrected chi connectivity index (χ2v) is 20.8. The molecule has 1 aromatic carbocycles. The number of carbonyl (C=O) groups is 5. The summed E-state index contributed by atoms with van der Waals surface area (Å²) in [5, 5.41) is 8.10. The normalized spacial score (nSPS) is 20.0. The van der Waals surface area contributed by atoms with Gasteiger partial charge >= 0.3 is 12.0 Å². The number of esters is 1. The number of ether oxygens (including phenoxy) is 2. The zero-order chi connectivity index (χ0) is 49.7. The van der Waals surface area contributed by atoms with E-state index in [4.69, 9.17) is 19.4 Å². The fraction of sp³-hybridized carbons (Fsp3) is 0.549. The molecule has 7 rings (SSSR count). The van der Waals surface area contributed by atoms with Gasteiger partial charge in [-0.15, -0.1) is 11.3 Å². The van der Waals surface area contributed by atoms with Gasteiger partial charge in [0.05, 0.1) is 41.5 Å². The number of urea groups is 1. The highest BCUT2D eigenvalue weighted by Gasteiger charge is 2.39. The van der Waals surface area contributed by atoms with E-state index >= 15 is 0 Å². The molecular formula is C51H70N10O7S. The Bertz CT molecular complexity index is 2550. The number of nitrogens with one attached hydrogen (secondary N) is 2. The van der Waals surface area contributed by atoms with E-state index in [9.17, 15) is 24.0 Å². The van der Waals surface area contributed by atoms with Gasteiger partial charge < -0.3 is 39.0 Å². The van der Waals surface area contributed by atoms with E-state index < -0.39 is 47.4 Å². The van der Waals surface area contributed by atoms with Crippen molar-refractivity contribution in [1.82, 2.24) is 49.9 Å². The minimum atomic E-state index is -1.10. The Morgan fingerprint density at radius 3 is 2.57 bits per heavy atom. The lowest BCUT2D eigenvalue weighted by Gasteiger charge is -2.40. The van der Waals surface area contributed by atoms with Crippen LogP contribution in [0.5, 0.6) is 0 Å². The van der Waals surface area contributed by atoms with Gasteiger partial charge in [0.15, 0.2) is 0 Å². The standard InChI is InChI=1S/C51H70N10O7S/c1-11-60-41-20-19-34-26-36(41)37(46(60)35-16-12-21-52-44(35)33(4)67-10)28-51(5,6)30-68-49(65)38-17-13-25-61(55-38)48(64)39(27-42-53-40(34)29-69-42)54-47(63)45(32(2)3)57(9)50(66)59-24-15-23-58(31-59)43(62)18-14-22-56(7)8/h12,14,16,18-21,26,29,32-33,38-39,45,55H,11,13,15,17,22-25,27-28,30-31H2,1-10H3,(H,54,63)/b18-14+/t33-,38-,39-,45-/m0/s1. The smallest absolute Gasteiger partial charge is 0.324 e. The predicted octanol–water partition coefficient (Wildman–Crippen LogP) is 5.89. The van der Waals surface area contributed by atoms with E-state index in [1.54, 1.807) is 36.2 Å². The largest absolute Gasteiger partial charge is 0.464 e. The zero-order valence-corrected chi connectivity index (χ0v) is 42.7. The summed E-state index contributed by atoms with van der Waals surface area (Å²) in [6, 6.07) is 7.16. The van der Waals surface area contributed by atoms with Crippen molar-refractivity contribution in [3.05, 3.63) is 70.3 Å². The Kier molecular flexibility index (Phi) is 16.3. The van der Waals surface area contributed by atoms with Gasteiger partial charge in [-0.3, -0.25) is 29.2 Å². The molecule has 4 aromatic rings. The molecule has 3 aliphatic heterocycles. The molecule has 4 atom stereocenters. The van der Waals surface area contributed by atoms with Crippen LogP contribution in [0.2, 0.25) is 0 Å². The maximum Gasteiger partial charge on any atom is 0.324 e. The molecule has 0 unspecified atom stereocenters. The minimum absolute atomic E-state index is 0.0645. The molecule has 0 spiro atoms. The molecule has 3 aromatic heterocycles. The number of cyclic esters (lactones) is 1. The molecule has 6 heterocycles. The van der Waals surface area contributed by atoms with Crippen LogP contribution < -0.4 is 10.7 Å². The van der Waals surface area contributed by atoms with Crippen molar-refractivity contribution in [3.63, 3.8) is 0 Å². The number of nitrogens with zero attached hydrogens (tertiary/aromatic N) is 8. The minimum Gasteiger partial charge on any atom is -0.464 e. The Morgan fingerprint density at radius 2 is 1.84 bits per heavy atom. The average Bonchev–Trinajstić information content (AvgIpc) is 3.93. The number of benzene rings is 1. The third-order valence-corrected chi connectivity index (χ3v) is 14.2. The maximum absolute atomic E-state index is 14.7. The van der Waals surface area contributed by atoms with E-state index in [-0.39, 0.29) is 37.6 Å². The summed E-state index contributed by atoms with van der Waals surface area (Å²) in [6.45, 7) is 14.8. The number of pyridine rings is 1. The van der Waals surface area contributed by atoms with Gasteiger partial charge in [-0.05, 0) is 89.4 Å². The van der Waals surface area contributed by atoms with E-state index in [2.05, 4.69) is 60.3 Å². The number of aryl methyl sites for hydroxylation is 1. The van der Waals surface area contributed by atoms with Gasteiger partial charge in [0, 0.05) is 98.4 Å². The van der Waals surface area contributed by atoms with Crippen LogP contribution in [0.3, 0.4) is 0 Å². The van der Waals surface area contributed by atoms with Crippen LogP contribution in [0.25, 0.3) is 33.4 Å². The summed E-state index contributed by atoms with van der Waals surface area (Å²) in [5.41, 5.74) is 9.24. The summed E-state index contributed by atoms with van der Waals surface area (Å²) < 4.78 is 14.3. The highest BCUT2D eigenvalue weighted by atomic mass is 32.1. The number of likely N-dealkylation sites (N-methyl/N-ethyl adjacent to an activating group) is 2. The summed E-state index contributed by atoms with van der Waals surface area (Å²) in [6.07, 6.45) is 7.08. The summed E-state index contributed by atoms with van der Waals surface area (Å²) in [4.78, 5) is 86.9. The molecule has 372 valence electrons. The lowest BCUT2D eigenvalue weighted by atomic mass is 9.84. The highest BCUT2D eigenvalue weighted by Crippen LogP contribution is 2.42. The maximum atomic E-state index is 14.7. The van der Waals surface area contributed by atoms with Crippen molar-refractivity contribution >= 4 is 52.0 Å². The summed E-state index contributed by atoms with van der Waals surface area (Å²) in [5.74, 6) is -1.92. The number of fused-ring (bicyclic) bond motifs is 6. The van der Waals surface area contributed by atoms with Crippen LogP contribution in [-0.4, -0.2) is 155 Å². The van der Waals surface area contributed by atoms with Crippen LogP contribution in [0, 0.1) is 11.3 Å². The molecule has 3 aliphatic rings. The van der Waals surface area contributed by atoms with Crippen molar-refractivity contribution in [3.8, 4) is 22.5 Å². The first-order valence-electron chi connectivity index (χ1n) is 24.2. The van der Waals surface area contributed by atoms with Gasteiger partial charge in [0.25, 0.3) is 5.91 Å². The second-order valence-electron chi connectivity index (χ2n) is 19.9. The van der Waals surface area contributed by atoms with E-state index in [0.29, 0.717) is 63.4 Å².